The predicted octanol–water partition coefficient (Wildman–Crippen LogP) is 1.59. The fraction of sp³-hybridized carbons (Fsp3) is 0.263. The molecule has 1 fully saturated rings. The second-order valence-electron chi connectivity index (χ2n) is 7.00. The fourth-order valence-corrected chi connectivity index (χ4v) is 5.06. The number of hydrogen-bond donors (Lipinski definition) is 1. The van der Waals surface area contributed by atoms with Crippen LogP contribution in [0, 0.1) is 11.3 Å². The minimum Gasteiger partial charge on any atom is -0.288 e. The number of nitriles is 1. The molecular weight excluding hydrogens is 426 g/mol. The minimum absolute atomic E-state index is 0.0123. The highest BCUT2D eigenvalue weighted by atomic mass is 32.2. The largest absolute Gasteiger partial charge is 0.288 e. The Bertz CT molecular complexity index is 1370. The molecule has 154 valence electrons. The molecule has 1 atom stereocenters. The molecule has 11 heteroatoms. The van der Waals surface area contributed by atoms with E-state index >= 15 is 0 Å². The van der Waals surface area contributed by atoms with E-state index in [0.29, 0.717) is 15.9 Å². The molecule has 0 bridgehead atoms. The van der Waals surface area contributed by atoms with Gasteiger partial charge in [-0.05, 0) is 43.2 Å². The third-order valence-electron chi connectivity index (χ3n) is 5.09. The standard InChI is InChI=1S/C19H17N5O4S2/c20-10-12-9-13-11-22-19(23-17(13)24(18(12)25)14-3-1-2-4-14)29(26)15-5-7-16(8-6-15)30(21,27)28/h5-9,11,14H,1-4H2,(H2,21,27,28). The molecule has 30 heavy (non-hydrogen) atoms. The third kappa shape index (κ3) is 3.65. The normalized spacial score (nSPS) is 15.9. The Labute approximate surface area is 174 Å². The van der Waals surface area contributed by atoms with Gasteiger partial charge in [0.2, 0.25) is 15.2 Å². The summed E-state index contributed by atoms with van der Waals surface area (Å²) in [6, 6.07) is 8.58. The van der Waals surface area contributed by atoms with Gasteiger partial charge < -0.3 is 0 Å². The van der Waals surface area contributed by atoms with Gasteiger partial charge in [0.1, 0.15) is 28.1 Å². The lowest BCUT2D eigenvalue weighted by Gasteiger charge is -2.16. The molecule has 2 N–H and O–H groups in total. The molecule has 0 aliphatic heterocycles. The van der Waals surface area contributed by atoms with Gasteiger partial charge in [-0.15, -0.1) is 0 Å². The van der Waals surface area contributed by atoms with E-state index in [1.807, 2.05) is 6.07 Å². The number of primary sulfonamides is 1. The zero-order chi connectivity index (χ0) is 21.5. The van der Waals surface area contributed by atoms with Crippen molar-refractivity contribution in [3.63, 3.8) is 0 Å². The van der Waals surface area contributed by atoms with Gasteiger partial charge in [-0.3, -0.25) is 9.36 Å². The summed E-state index contributed by atoms with van der Waals surface area (Å²) in [6.07, 6.45) is 5.02. The molecule has 1 aliphatic carbocycles. The molecule has 9 nitrogen and oxygen atoms in total. The van der Waals surface area contributed by atoms with E-state index in [1.165, 1.54) is 41.1 Å². The molecule has 0 radical (unpaired) electrons. The third-order valence-corrected chi connectivity index (χ3v) is 7.25. The van der Waals surface area contributed by atoms with Gasteiger partial charge in [0.15, 0.2) is 0 Å². The maximum absolute atomic E-state index is 13.0. The molecule has 3 aromatic rings. The van der Waals surface area contributed by atoms with E-state index in [0.717, 1.165) is 25.7 Å². The quantitative estimate of drug-likeness (QED) is 0.602. The molecule has 0 amide bonds. The number of nitrogens with zero attached hydrogens (tertiary/aromatic N) is 4. The Morgan fingerprint density at radius 2 is 1.87 bits per heavy atom. The summed E-state index contributed by atoms with van der Waals surface area (Å²) in [5, 5.41) is 14.9. The maximum atomic E-state index is 13.0. The molecule has 2 aromatic heterocycles. The highest BCUT2D eigenvalue weighted by molar-refractivity contribution is 7.89. The summed E-state index contributed by atoms with van der Waals surface area (Å²) in [5.41, 5.74) is -0.0549. The van der Waals surface area contributed by atoms with Crippen molar-refractivity contribution >= 4 is 31.9 Å². The summed E-state index contributed by atoms with van der Waals surface area (Å²) >= 11 is 0. The van der Waals surface area contributed by atoms with Gasteiger partial charge in [-0.1, -0.05) is 12.8 Å². The van der Waals surface area contributed by atoms with E-state index in [1.54, 1.807) is 0 Å². The predicted molar refractivity (Wildman–Crippen MR) is 109 cm³/mol. The van der Waals surface area contributed by atoms with Gasteiger partial charge in [-0.25, -0.2) is 27.7 Å². The Balaban J connectivity index is 1.83. The lowest BCUT2D eigenvalue weighted by molar-refractivity contribution is 0.513. The van der Waals surface area contributed by atoms with Crippen molar-refractivity contribution in [1.29, 1.82) is 5.26 Å². The summed E-state index contributed by atoms with van der Waals surface area (Å²) in [5.74, 6) is 0. The zero-order valence-corrected chi connectivity index (χ0v) is 17.3. The number of hydrogen-bond acceptors (Lipinski definition) is 7. The molecule has 2 heterocycles. The first-order valence-electron chi connectivity index (χ1n) is 9.16. The first-order chi connectivity index (χ1) is 14.3. The fourth-order valence-electron chi connectivity index (χ4n) is 3.63. The number of pyridine rings is 1. The van der Waals surface area contributed by atoms with E-state index in [2.05, 4.69) is 9.97 Å². The smallest absolute Gasteiger partial charge is 0.270 e. The van der Waals surface area contributed by atoms with E-state index < -0.39 is 26.4 Å². The SMILES string of the molecule is N#Cc1cc2cnc(S(=O)c3ccc(S(N)(=O)=O)cc3)nc2n(C2CCCC2)c1=O. The van der Waals surface area contributed by atoms with Crippen molar-refractivity contribution in [3.05, 3.63) is 52.4 Å². The maximum Gasteiger partial charge on any atom is 0.270 e. The lowest BCUT2D eigenvalue weighted by atomic mass is 10.2. The van der Waals surface area contributed by atoms with Gasteiger partial charge in [0.05, 0.1) is 4.90 Å². The molecule has 1 saturated carbocycles. The molecule has 1 aromatic carbocycles. The van der Waals surface area contributed by atoms with Gasteiger partial charge in [0.25, 0.3) is 5.56 Å². The van der Waals surface area contributed by atoms with E-state index in [9.17, 15) is 22.7 Å². The number of aromatic nitrogens is 3. The van der Waals surface area contributed by atoms with E-state index in [-0.39, 0.29) is 21.7 Å². The van der Waals surface area contributed by atoms with Crippen LogP contribution in [0.4, 0.5) is 0 Å². The number of nitrogens with two attached hydrogens (primary N) is 1. The van der Waals surface area contributed by atoms with Gasteiger partial charge in [-0.2, -0.15) is 5.26 Å². The minimum atomic E-state index is -3.86. The van der Waals surface area contributed by atoms with E-state index in [4.69, 9.17) is 5.14 Å². The Morgan fingerprint density at radius 3 is 2.47 bits per heavy atom. The highest BCUT2D eigenvalue weighted by Crippen LogP contribution is 2.30. The van der Waals surface area contributed by atoms with Gasteiger partial charge >= 0.3 is 0 Å². The molecule has 1 aliphatic rings. The monoisotopic (exact) mass is 443 g/mol. The molecule has 1 unspecified atom stereocenters. The summed E-state index contributed by atoms with van der Waals surface area (Å²) in [7, 11) is -5.66. The average molecular weight is 444 g/mol. The van der Waals surface area contributed by atoms with Crippen LogP contribution in [0.3, 0.4) is 0 Å². The van der Waals surface area contributed by atoms with Crippen LogP contribution >= 0.6 is 0 Å². The molecule has 0 saturated heterocycles. The van der Waals surface area contributed by atoms with Crippen molar-refractivity contribution in [3.8, 4) is 6.07 Å². The van der Waals surface area contributed by atoms with Crippen molar-refractivity contribution in [2.75, 3.05) is 0 Å². The number of sulfonamides is 1. The molecular formula is C19H17N5O4S2. The van der Waals surface area contributed by atoms with Crippen LogP contribution in [0.5, 0.6) is 0 Å². The van der Waals surface area contributed by atoms with Crippen LogP contribution in [-0.4, -0.2) is 27.2 Å². The van der Waals surface area contributed by atoms with Crippen LogP contribution in [0.15, 0.2) is 56.3 Å². The summed E-state index contributed by atoms with van der Waals surface area (Å²) in [6.45, 7) is 0. The second kappa shape index (κ2) is 7.71. The lowest BCUT2D eigenvalue weighted by Crippen LogP contribution is -2.27. The second-order valence-corrected chi connectivity index (χ2v) is 9.94. The summed E-state index contributed by atoms with van der Waals surface area (Å²) in [4.78, 5) is 21.6. The van der Waals surface area contributed by atoms with Crippen molar-refractivity contribution in [1.82, 2.24) is 14.5 Å². The van der Waals surface area contributed by atoms with Crippen LogP contribution in [0.1, 0.15) is 37.3 Å². The number of benzene rings is 1. The molecule has 0 spiro atoms. The number of rotatable bonds is 4. The summed E-state index contributed by atoms with van der Waals surface area (Å²) < 4.78 is 37.3. The van der Waals surface area contributed by atoms with Crippen molar-refractivity contribution < 1.29 is 12.6 Å². The Hall–Kier alpha value is -2.94. The Kier molecular flexibility index (Phi) is 5.23. The van der Waals surface area contributed by atoms with Crippen molar-refractivity contribution in [2.24, 2.45) is 5.14 Å². The van der Waals surface area contributed by atoms with Crippen LogP contribution in [-0.2, 0) is 20.8 Å². The number of fused-ring (bicyclic) bond motifs is 1. The van der Waals surface area contributed by atoms with Crippen LogP contribution < -0.4 is 10.7 Å². The van der Waals surface area contributed by atoms with Crippen molar-refractivity contribution in [2.45, 2.75) is 46.7 Å². The average Bonchev–Trinajstić information content (AvgIpc) is 3.26. The Morgan fingerprint density at radius 1 is 1.20 bits per heavy atom. The zero-order valence-electron chi connectivity index (χ0n) is 15.7. The van der Waals surface area contributed by atoms with Crippen LogP contribution in [0.2, 0.25) is 0 Å². The van der Waals surface area contributed by atoms with Crippen LogP contribution in [0.25, 0.3) is 11.0 Å². The topological polar surface area (TPSA) is 149 Å². The molecule has 4 rings (SSSR count). The first-order valence-corrected chi connectivity index (χ1v) is 11.9. The van der Waals surface area contributed by atoms with Gasteiger partial charge in [0, 0.05) is 22.5 Å². The highest BCUT2D eigenvalue weighted by Gasteiger charge is 2.23. The first kappa shape index (κ1) is 20.3.